The lowest BCUT2D eigenvalue weighted by Gasteiger charge is -2.24. The largest absolute Gasteiger partial charge is 0.459 e. The van der Waals surface area contributed by atoms with Crippen molar-refractivity contribution in [2.75, 3.05) is 31.6 Å². The van der Waals surface area contributed by atoms with Gasteiger partial charge in [0, 0.05) is 45.3 Å². The quantitative estimate of drug-likeness (QED) is 0.829. The third kappa shape index (κ3) is 4.45. The first-order valence-electron chi connectivity index (χ1n) is 9.03. The number of hydrogen-bond donors (Lipinski definition) is 1. The van der Waals surface area contributed by atoms with Gasteiger partial charge in [-0.3, -0.25) is 9.59 Å². The molecule has 0 bridgehead atoms. The third-order valence-corrected chi connectivity index (χ3v) is 4.64. The standard InChI is InChI=1S/C20H25N3O3/c1-22(19(24)10-11-21-20(25)18-9-6-14-26-18)15-16-7-2-3-8-17(16)23-12-4-5-13-23/h2-3,6-9,14H,4-5,10-13,15H2,1H3,(H,21,25). The van der Waals surface area contributed by atoms with Gasteiger partial charge in [0.2, 0.25) is 5.91 Å². The van der Waals surface area contributed by atoms with Crippen molar-refractivity contribution in [2.24, 2.45) is 0 Å². The van der Waals surface area contributed by atoms with E-state index in [1.54, 1.807) is 24.1 Å². The van der Waals surface area contributed by atoms with Crippen molar-refractivity contribution in [1.29, 1.82) is 0 Å². The number of carbonyl (C=O) groups excluding carboxylic acids is 2. The molecule has 26 heavy (non-hydrogen) atoms. The second-order valence-electron chi connectivity index (χ2n) is 6.56. The Morgan fingerprint density at radius 2 is 1.92 bits per heavy atom. The Morgan fingerprint density at radius 1 is 1.15 bits per heavy atom. The number of nitrogens with zero attached hydrogens (tertiary/aromatic N) is 2. The van der Waals surface area contributed by atoms with Crippen LogP contribution >= 0.6 is 0 Å². The van der Waals surface area contributed by atoms with Crippen LogP contribution in [0.1, 0.15) is 35.4 Å². The molecule has 1 aliphatic rings. The zero-order valence-corrected chi connectivity index (χ0v) is 15.1. The Hall–Kier alpha value is -2.76. The number of hydrogen-bond acceptors (Lipinski definition) is 4. The molecule has 1 saturated heterocycles. The Labute approximate surface area is 153 Å². The Morgan fingerprint density at radius 3 is 2.65 bits per heavy atom. The molecular formula is C20H25N3O3. The SMILES string of the molecule is CN(Cc1ccccc1N1CCCC1)C(=O)CCNC(=O)c1ccco1. The Balaban J connectivity index is 1.50. The lowest BCUT2D eigenvalue weighted by atomic mass is 10.1. The molecule has 0 radical (unpaired) electrons. The minimum absolute atomic E-state index is 0.000898. The molecule has 6 heteroatoms. The second-order valence-corrected chi connectivity index (χ2v) is 6.56. The Bertz CT molecular complexity index is 737. The number of amides is 2. The topological polar surface area (TPSA) is 65.8 Å². The van der Waals surface area contributed by atoms with Crippen molar-refractivity contribution in [1.82, 2.24) is 10.2 Å². The van der Waals surface area contributed by atoms with Gasteiger partial charge in [0.25, 0.3) is 5.91 Å². The number of rotatable bonds is 7. The van der Waals surface area contributed by atoms with Crippen molar-refractivity contribution in [2.45, 2.75) is 25.8 Å². The van der Waals surface area contributed by atoms with Gasteiger partial charge in [-0.25, -0.2) is 0 Å². The number of carbonyl (C=O) groups is 2. The van der Waals surface area contributed by atoms with E-state index in [1.165, 1.54) is 24.8 Å². The van der Waals surface area contributed by atoms with Crippen molar-refractivity contribution in [3.63, 3.8) is 0 Å². The molecule has 1 fully saturated rings. The summed E-state index contributed by atoms with van der Waals surface area (Å²) in [7, 11) is 1.80. The lowest BCUT2D eigenvalue weighted by molar-refractivity contribution is -0.130. The van der Waals surface area contributed by atoms with E-state index in [0.717, 1.165) is 18.7 Å². The van der Waals surface area contributed by atoms with Crippen molar-refractivity contribution >= 4 is 17.5 Å². The first-order chi connectivity index (χ1) is 12.6. The van der Waals surface area contributed by atoms with Crippen LogP contribution in [0.25, 0.3) is 0 Å². The number of benzene rings is 1. The number of nitrogens with one attached hydrogen (secondary N) is 1. The maximum absolute atomic E-state index is 12.4. The molecule has 0 aliphatic carbocycles. The summed E-state index contributed by atoms with van der Waals surface area (Å²) in [4.78, 5) is 28.3. The van der Waals surface area contributed by atoms with Gasteiger partial charge in [-0.1, -0.05) is 18.2 Å². The minimum atomic E-state index is -0.301. The summed E-state index contributed by atoms with van der Waals surface area (Å²) >= 11 is 0. The molecule has 2 aromatic rings. The summed E-state index contributed by atoms with van der Waals surface area (Å²) in [5.74, 6) is -0.0452. The molecule has 2 amide bonds. The van der Waals surface area contributed by atoms with E-state index in [4.69, 9.17) is 4.42 Å². The van der Waals surface area contributed by atoms with Gasteiger partial charge in [-0.15, -0.1) is 0 Å². The highest BCUT2D eigenvalue weighted by molar-refractivity contribution is 5.91. The fourth-order valence-corrected chi connectivity index (χ4v) is 3.22. The van der Waals surface area contributed by atoms with Crippen LogP contribution in [0.15, 0.2) is 47.1 Å². The summed E-state index contributed by atoms with van der Waals surface area (Å²) in [6.45, 7) is 3.01. The van der Waals surface area contributed by atoms with E-state index < -0.39 is 0 Å². The van der Waals surface area contributed by atoms with Crippen LogP contribution in [-0.4, -0.2) is 43.4 Å². The van der Waals surface area contributed by atoms with E-state index in [-0.39, 0.29) is 30.5 Å². The highest BCUT2D eigenvalue weighted by Gasteiger charge is 2.18. The average molecular weight is 355 g/mol. The van der Waals surface area contributed by atoms with Crippen LogP contribution in [0, 0.1) is 0 Å². The number of para-hydroxylation sites is 1. The van der Waals surface area contributed by atoms with Crippen molar-refractivity contribution in [3.8, 4) is 0 Å². The molecule has 1 N–H and O–H groups in total. The molecule has 0 atom stereocenters. The molecule has 1 aromatic heterocycles. The van der Waals surface area contributed by atoms with Crippen LogP contribution in [-0.2, 0) is 11.3 Å². The maximum Gasteiger partial charge on any atom is 0.286 e. The van der Waals surface area contributed by atoms with Crippen LogP contribution in [0.3, 0.4) is 0 Å². The summed E-state index contributed by atoms with van der Waals surface area (Å²) < 4.78 is 5.03. The fourth-order valence-electron chi connectivity index (χ4n) is 3.22. The molecule has 0 saturated carbocycles. The first kappa shape index (κ1) is 18.0. The van der Waals surface area contributed by atoms with E-state index in [1.807, 2.05) is 12.1 Å². The van der Waals surface area contributed by atoms with Crippen LogP contribution < -0.4 is 10.2 Å². The number of anilines is 1. The molecule has 0 spiro atoms. The van der Waals surface area contributed by atoms with Gasteiger partial charge in [0.05, 0.1) is 6.26 Å². The molecule has 138 valence electrons. The molecule has 1 aromatic carbocycles. The molecule has 2 heterocycles. The van der Waals surface area contributed by atoms with E-state index in [2.05, 4.69) is 22.3 Å². The molecular weight excluding hydrogens is 330 g/mol. The average Bonchev–Trinajstić information content (AvgIpc) is 3.35. The summed E-state index contributed by atoms with van der Waals surface area (Å²) in [6.07, 6.45) is 4.15. The first-order valence-corrected chi connectivity index (χ1v) is 9.03. The predicted octanol–water partition coefficient (Wildman–Crippen LogP) is 2.66. The van der Waals surface area contributed by atoms with Gasteiger partial charge >= 0.3 is 0 Å². The van der Waals surface area contributed by atoms with Crippen molar-refractivity contribution < 1.29 is 14.0 Å². The highest BCUT2D eigenvalue weighted by atomic mass is 16.3. The third-order valence-electron chi connectivity index (χ3n) is 4.64. The molecule has 1 aliphatic heterocycles. The van der Waals surface area contributed by atoms with Crippen LogP contribution in [0.5, 0.6) is 0 Å². The van der Waals surface area contributed by atoms with E-state index >= 15 is 0 Å². The van der Waals surface area contributed by atoms with E-state index in [9.17, 15) is 9.59 Å². The molecule has 6 nitrogen and oxygen atoms in total. The lowest BCUT2D eigenvalue weighted by Crippen LogP contribution is -2.32. The Kier molecular flexibility index (Phi) is 5.94. The van der Waals surface area contributed by atoms with Crippen molar-refractivity contribution in [3.05, 3.63) is 54.0 Å². The predicted molar refractivity (Wildman–Crippen MR) is 100 cm³/mol. The van der Waals surface area contributed by atoms with Gasteiger partial charge in [-0.2, -0.15) is 0 Å². The minimum Gasteiger partial charge on any atom is -0.459 e. The van der Waals surface area contributed by atoms with Crippen LogP contribution in [0.2, 0.25) is 0 Å². The summed E-state index contributed by atoms with van der Waals surface area (Å²) in [6, 6.07) is 11.5. The zero-order chi connectivity index (χ0) is 18.4. The zero-order valence-electron chi connectivity index (χ0n) is 15.1. The summed E-state index contributed by atoms with van der Waals surface area (Å²) in [5, 5.41) is 2.70. The van der Waals surface area contributed by atoms with Gasteiger partial charge in [-0.05, 0) is 36.6 Å². The number of furan rings is 1. The smallest absolute Gasteiger partial charge is 0.286 e. The second kappa shape index (κ2) is 8.56. The molecule has 3 rings (SSSR count). The molecule has 0 unspecified atom stereocenters. The van der Waals surface area contributed by atoms with Gasteiger partial charge in [0.15, 0.2) is 5.76 Å². The van der Waals surface area contributed by atoms with Gasteiger partial charge in [0.1, 0.15) is 0 Å². The normalized spacial score (nSPS) is 13.7. The maximum atomic E-state index is 12.4. The highest BCUT2D eigenvalue weighted by Crippen LogP contribution is 2.25. The van der Waals surface area contributed by atoms with Crippen LogP contribution in [0.4, 0.5) is 5.69 Å². The monoisotopic (exact) mass is 355 g/mol. The van der Waals surface area contributed by atoms with E-state index in [0.29, 0.717) is 6.54 Å². The fraction of sp³-hybridized carbons (Fsp3) is 0.400. The summed E-state index contributed by atoms with van der Waals surface area (Å²) in [5.41, 5.74) is 2.38. The van der Waals surface area contributed by atoms with Gasteiger partial charge < -0.3 is 19.5 Å².